The lowest BCUT2D eigenvalue weighted by atomic mass is 9.96. The van der Waals surface area contributed by atoms with Gasteiger partial charge in [0.05, 0.1) is 0 Å². The van der Waals surface area contributed by atoms with Crippen molar-refractivity contribution in [1.29, 1.82) is 0 Å². The molecule has 1 aliphatic carbocycles. The zero-order chi connectivity index (χ0) is 8.32. The van der Waals surface area contributed by atoms with Gasteiger partial charge < -0.3 is 11.1 Å². The predicted octanol–water partition coefficient (Wildman–Crippen LogP) is 1.11. The van der Waals surface area contributed by atoms with Crippen molar-refractivity contribution in [3.8, 4) is 0 Å². The van der Waals surface area contributed by atoms with E-state index in [0.29, 0.717) is 0 Å². The van der Waals surface area contributed by atoms with Gasteiger partial charge in [-0.15, -0.1) is 0 Å². The van der Waals surface area contributed by atoms with Gasteiger partial charge in [-0.25, -0.2) is 0 Å². The van der Waals surface area contributed by atoms with Crippen LogP contribution in [0.4, 0.5) is 0 Å². The Morgan fingerprint density at radius 2 is 2.18 bits per heavy atom. The number of hydrogen-bond donors (Lipinski definition) is 2. The summed E-state index contributed by atoms with van der Waals surface area (Å²) >= 11 is 0. The lowest BCUT2D eigenvalue weighted by molar-refractivity contribution is 0.320. The molecule has 1 fully saturated rings. The molecule has 0 aromatic heterocycles. The molecule has 2 heteroatoms. The summed E-state index contributed by atoms with van der Waals surface area (Å²) in [6.45, 7) is 6.32. The molecule has 0 radical (unpaired) electrons. The normalized spacial score (nSPS) is 23.2. The molecule has 66 valence electrons. The first-order valence-electron chi connectivity index (χ1n) is 4.68. The van der Waals surface area contributed by atoms with Gasteiger partial charge in [0, 0.05) is 12.1 Å². The Bertz CT molecular complexity index is 121. The minimum atomic E-state index is 0.232. The van der Waals surface area contributed by atoms with Crippen LogP contribution in [0.15, 0.2) is 0 Å². The summed E-state index contributed by atoms with van der Waals surface area (Å²) in [5.41, 5.74) is 5.96. The molecule has 1 aliphatic rings. The van der Waals surface area contributed by atoms with Crippen LogP contribution in [0.5, 0.6) is 0 Å². The Labute approximate surface area is 69.5 Å². The number of rotatable bonds is 5. The van der Waals surface area contributed by atoms with Crippen LogP contribution in [0.2, 0.25) is 0 Å². The standard InChI is InChI=1S/C9H20N2/c1-3-6-11-9(2,7-10)8-4-5-8/h8,11H,3-7,10H2,1-2H3. The van der Waals surface area contributed by atoms with Crippen LogP contribution in [-0.4, -0.2) is 18.6 Å². The molecular weight excluding hydrogens is 136 g/mol. The molecule has 1 saturated carbocycles. The van der Waals surface area contributed by atoms with Crippen molar-refractivity contribution in [2.45, 2.75) is 38.6 Å². The summed E-state index contributed by atoms with van der Waals surface area (Å²) in [6, 6.07) is 0. The second-order valence-corrected chi connectivity index (χ2v) is 3.82. The van der Waals surface area contributed by atoms with Gasteiger partial charge in [0.1, 0.15) is 0 Å². The number of hydrogen-bond acceptors (Lipinski definition) is 2. The first-order valence-corrected chi connectivity index (χ1v) is 4.68. The van der Waals surface area contributed by atoms with Crippen LogP contribution in [0.3, 0.4) is 0 Å². The van der Waals surface area contributed by atoms with E-state index in [4.69, 9.17) is 5.73 Å². The molecule has 0 amide bonds. The van der Waals surface area contributed by atoms with Gasteiger partial charge in [-0.1, -0.05) is 6.92 Å². The van der Waals surface area contributed by atoms with E-state index in [-0.39, 0.29) is 5.54 Å². The topological polar surface area (TPSA) is 38.0 Å². The maximum atomic E-state index is 5.73. The fourth-order valence-electron chi connectivity index (χ4n) is 1.51. The molecule has 0 bridgehead atoms. The van der Waals surface area contributed by atoms with Gasteiger partial charge in [0.2, 0.25) is 0 Å². The molecule has 0 spiro atoms. The Balaban J connectivity index is 2.31. The van der Waals surface area contributed by atoms with E-state index in [9.17, 15) is 0 Å². The smallest absolute Gasteiger partial charge is 0.0303 e. The number of nitrogens with one attached hydrogen (secondary N) is 1. The van der Waals surface area contributed by atoms with E-state index in [1.54, 1.807) is 0 Å². The van der Waals surface area contributed by atoms with Gasteiger partial charge in [-0.3, -0.25) is 0 Å². The molecule has 11 heavy (non-hydrogen) atoms. The average Bonchev–Trinajstić information content (AvgIpc) is 2.82. The van der Waals surface area contributed by atoms with Crippen LogP contribution >= 0.6 is 0 Å². The first-order chi connectivity index (χ1) is 5.23. The fourth-order valence-corrected chi connectivity index (χ4v) is 1.51. The maximum absolute atomic E-state index is 5.73. The van der Waals surface area contributed by atoms with Crippen molar-refractivity contribution in [2.24, 2.45) is 11.7 Å². The van der Waals surface area contributed by atoms with Crippen LogP contribution in [0, 0.1) is 5.92 Å². The summed E-state index contributed by atoms with van der Waals surface area (Å²) < 4.78 is 0. The van der Waals surface area contributed by atoms with E-state index < -0.39 is 0 Å². The summed E-state index contributed by atoms with van der Waals surface area (Å²) in [5, 5.41) is 3.53. The molecule has 0 saturated heterocycles. The Morgan fingerprint density at radius 3 is 2.55 bits per heavy atom. The minimum absolute atomic E-state index is 0.232. The second-order valence-electron chi connectivity index (χ2n) is 3.82. The highest BCUT2D eigenvalue weighted by Gasteiger charge is 2.39. The van der Waals surface area contributed by atoms with Crippen LogP contribution in [-0.2, 0) is 0 Å². The molecule has 0 aromatic rings. The monoisotopic (exact) mass is 156 g/mol. The molecule has 0 aromatic carbocycles. The molecule has 0 aliphatic heterocycles. The highest BCUT2D eigenvalue weighted by atomic mass is 15.0. The maximum Gasteiger partial charge on any atom is 0.0303 e. The van der Waals surface area contributed by atoms with E-state index >= 15 is 0 Å². The van der Waals surface area contributed by atoms with Crippen molar-refractivity contribution in [2.75, 3.05) is 13.1 Å². The van der Waals surface area contributed by atoms with Gasteiger partial charge in [-0.2, -0.15) is 0 Å². The molecule has 1 unspecified atom stereocenters. The molecule has 1 atom stereocenters. The van der Waals surface area contributed by atoms with E-state index in [1.165, 1.54) is 19.3 Å². The summed E-state index contributed by atoms with van der Waals surface area (Å²) in [6.07, 6.45) is 3.93. The van der Waals surface area contributed by atoms with Gasteiger partial charge in [0.15, 0.2) is 0 Å². The van der Waals surface area contributed by atoms with Crippen molar-refractivity contribution in [3.63, 3.8) is 0 Å². The van der Waals surface area contributed by atoms with Gasteiger partial charge in [-0.05, 0) is 38.6 Å². The van der Waals surface area contributed by atoms with Gasteiger partial charge >= 0.3 is 0 Å². The first kappa shape index (κ1) is 9.01. The fraction of sp³-hybridized carbons (Fsp3) is 1.00. The molecule has 3 N–H and O–H groups in total. The molecule has 0 heterocycles. The second kappa shape index (κ2) is 3.55. The lowest BCUT2D eigenvalue weighted by Gasteiger charge is -2.29. The zero-order valence-corrected chi connectivity index (χ0v) is 7.69. The average molecular weight is 156 g/mol. The van der Waals surface area contributed by atoms with Crippen molar-refractivity contribution < 1.29 is 0 Å². The largest absolute Gasteiger partial charge is 0.329 e. The quantitative estimate of drug-likeness (QED) is 0.626. The lowest BCUT2D eigenvalue weighted by Crippen LogP contribution is -2.50. The third-order valence-electron chi connectivity index (χ3n) is 2.68. The Hall–Kier alpha value is -0.0800. The summed E-state index contributed by atoms with van der Waals surface area (Å²) in [7, 11) is 0. The SMILES string of the molecule is CCCNC(C)(CN)C1CC1. The van der Waals surface area contributed by atoms with E-state index in [0.717, 1.165) is 19.0 Å². The Morgan fingerprint density at radius 1 is 1.55 bits per heavy atom. The third-order valence-corrected chi connectivity index (χ3v) is 2.68. The molecular formula is C9H20N2. The highest BCUT2D eigenvalue weighted by molar-refractivity contribution is 4.98. The summed E-state index contributed by atoms with van der Waals surface area (Å²) in [4.78, 5) is 0. The predicted molar refractivity (Wildman–Crippen MR) is 48.5 cm³/mol. The molecule has 1 rings (SSSR count). The van der Waals surface area contributed by atoms with Crippen LogP contribution < -0.4 is 11.1 Å². The minimum Gasteiger partial charge on any atom is -0.329 e. The van der Waals surface area contributed by atoms with E-state index in [1.807, 2.05) is 0 Å². The van der Waals surface area contributed by atoms with Crippen molar-refractivity contribution in [3.05, 3.63) is 0 Å². The highest BCUT2D eigenvalue weighted by Crippen LogP contribution is 2.38. The third kappa shape index (κ3) is 2.17. The van der Waals surface area contributed by atoms with Crippen molar-refractivity contribution >= 4 is 0 Å². The summed E-state index contributed by atoms with van der Waals surface area (Å²) in [5.74, 6) is 0.846. The van der Waals surface area contributed by atoms with Crippen LogP contribution in [0.1, 0.15) is 33.1 Å². The van der Waals surface area contributed by atoms with E-state index in [2.05, 4.69) is 19.2 Å². The number of nitrogens with two attached hydrogens (primary N) is 1. The van der Waals surface area contributed by atoms with Gasteiger partial charge in [0.25, 0.3) is 0 Å². The van der Waals surface area contributed by atoms with Crippen LogP contribution in [0.25, 0.3) is 0 Å². The zero-order valence-electron chi connectivity index (χ0n) is 7.69. The van der Waals surface area contributed by atoms with Crippen molar-refractivity contribution in [1.82, 2.24) is 5.32 Å². The molecule has 2 nitrogen and oxygen atoms in total. The Kier molecular flexibility index (Phi) is 2.90.